The first-order valence-corrected chi connectivity index (χ1v) is 15.8. The highest BCUT2D eigenvalue weighted by Crippen LogP contribution is 2.18. The summed E-state index contributed by atoms with van der Waals surface area (Å²) in [6.45, 7) is 16.8. The van der Waals surface area contributed by atoms with Gasteiger partial charge in [-0.15, -0.1) is 0 Å². The maximum absolute atomic E-state index is 6.29. The van der Waals surface area contributed by atoms with Crippen LogP contribution in [-0.4, -0.2) is 30.3 Å². The van der Waals surface area contributed by atoms with E-state index in [-0.39, 0.29) is 0 Å². The van der Waals surface area contributed by atoms with Gasteiger partial charge >= 0.3 is 17.1 Å². The minimum atomic E-state index is -2.06. The Labute approximate surface area is 154 Å². The number of unbranched alkanes of at least 4 members (excludes halogenated alkanes) is 8. The monoisotopic (exact) mass is 376 g/mol. The molecule has 0 N–H and O–H groups in total. The topological polar surface area (TPSA) is 27.7 Å². The third kappa shape index (κ3) is 15.8. The molecule has 0 aromatic carbocycles. The van der Waals surface area contributed by atoms with Gasteiger partial charge in [-0.1, -0.05) is 72.1 Å². The lowest BCUT2D eigenvalue weighted by atomic mass is 10.1. The van der Waals surface area contributed by atoms with E-state index in [2.05, 4.69) is 47.0 Å². The SMILES string of the molecule is CCCCCCCCCCCO[Si](C)(C)O[Si](C)(C)OCC(C)C. The first-order valence-electron chi connectivity index (χ1n) is 10.2. The molecule has 5 heteroatoms. The van der Waals surface area contributed by atoms with Gasteiger partial charge in [-0.25, -0.2) is 0 Å². The summed E-state index contributed by atoms with van der Waals surface area (Å²) >= 11 is 0. The van der Waals surface area contributed by atoms with E-state index >= 15 is 0 Å². The smallest absolute Gasteiger partial charge is 0.322 e. The van der Waals surface area contributed by atoms with Crippen molar-refractivity contribution < 1.29 is 13.0 Å². The van der Waals surface area contributed by atoms with Crippen LogP contribution in [0.3, 0.4) is 0 Å². The second kappa shape index (κ2) is 13.5. The standard InChI is InChI=1S/C19H44O3Si2/c1-8-9-10-11-12-13-14-15-16-17-20-23(4,5)22-24(6,7)21-18-19(2)3/h19H,8-18H2,1-7H3. The van der Waals surface area contributed by atoms with Gasteiger partial charge in [-0.3, -0.25) is 0 Å². The highest BCUT2D eigenvalue weighted by atomic mass is 28.5. The molecule has 0 aromatic heterocycles. The van der Waals surface area contributed by atoms with Gasteiger partial charge < -0.3 is 13.0 Å². The zero-order valence-corrected chi connectivity index (χ0v) is 19.6. The molecule has 146 valence electrons. The van der Waals surface area contributed by atoms with E-state index in [1.54, 1.807) is 0 Å². The summed E-state index contributed by atoms with van der Waals surface area (Å²) in [6, 6.07) is 0. The van der Waals surface area contributed by atoms with Crippen LogP contribution in [0.2, 0.25) is 26.2 Å². The number of rotatable bonds is 16. The van der Waals surface area contributed by atoms with Crippen molar-refractivity contribution in [3.8, 4) is 0 Å². The molecule has 0 saturated heterocycles. The van der Waals surface area contributed by atoms with E-state index in [4.69, 9.17) is 13.0 Å². The fourth-order valence-corrected chi connectivity index (χ4v) is 9.33. The third-order valence-electron chi connectivity index (χ3n) is 3.95. The van der Waals surface area contributed by atoms with Crippen LogP contribution in [0.4, 0.5) is 0 Å². The van der Waals surface area contributed by atoms with Crippen molar-refractivity contribution in [2.75, 3.05) is 13.2 Å². The van der Waals surface area contributed by atoms with E-state index in [1.165, 1.54) is 51.4 Å². The molecule has 24 heavy (non-hydrogen) atoms. The van der Waals surface area contributed by atoms with Crippen LogP contribution >= 0.6 is 0 Å². The minimum Gasteiger partial charge on any atom is -0.415 e. The van der Waals surface area contributed by atoms with Crippen LogP contribution in [-0.2, 0) is 13.0 Å². The molecule has 0 radical (unpaired) electrons. The quantitative estimate of drug-likeness (QED) is 0.223. The minimum absolute atomic E-state index is 0.549. The molecule has 0 rings (SSSR count). The van der Waals surface area contributed by atoms with Crippen LogP contribution in [0.25, 0.3) is 0 Å². The van der Waals surface area contributed by atoms with Gasteiger partial charge in [-0.2, -0.15) is 0 Å². The second-order valence-electron chi connectivity index (χ2n) is 8.28. The Morgan fingerprint density at radius 3 is 1.62 bits per heavy atom. The predicted molar refractivity (Wildman–Crippen MR) is 110 cm³/mol. The van der Waals surface area contributed by atoms with Gasteiger partial charge in [0.05, 0.1) is 0 Å². The molecule has 0 atom stereocenters. The summed E-state index contributed by atoms with van der Waals surface area (Å²) in [6.07, 6.45) is 12.1. The van der Waals surface area contributed by atoms with Gasteiger partial charge in [-0.05, 0) is 38.5 Å². The largest absolute Gasteiger partial charge is 0.415 e. The first-order chi connectivity index (χ1) is 11.2. The van der Waals surface area contributed by atoms with Crippen LogP contribution in [0, 0.1) is 5.92 Å². The fourth-order valence-electron chi connectivity index (χ4n) is 2.75. The Bertz CT molecular complexity index is 294. The van der Waals surface area contributed by atoms with Crippen LogP contribution in [0.15, 0.2) is 0 Å². The van der Waals surface area contributed by atoms with E-state index in [0.717, 1.165) is 19.6 Å². The zero-order valence-electron chi connectivity index (χ0n) is 17.6. The van der Waals surface area contributed by atoms with Gasteiger partial charge in [0.2, 0.25) is 0 Å². The Balaban J connectivity index is 3.69. The molecule has 0 aliphatic rings. The van der Waals surface area contributed by atoms with Crippen molar-refractivity contribution in [2.24, 2.45) is 5.92 Å². The van der Waals surface area contributed by atoms with Crippen LogP contribution in [0.5, 0.6) is 0 Å². The van der Waals surface area contributed by atoms with Gasteiger partial charge in [0.15, 0.2) is 0 Å². The predicted octanol–water partition coefficient (Wildman–Crippen LogP) is 6.63. The molecule has 0 fully saturated rings. The summed E-state index contributed by atoms with van der Waals surface area (Å²) in [7, 11) is -4.13. The maximum Gasteiger partial charge on any atom is 0.322 e. The Hall–Kier alpha value is 0.314. The first kappa shape index (κ1) is 24.3. The van der Waals surface area contributed by atoms with Gasteiger partial charge in [0.1, 0.15) is 0 Å². The molecule has 0 amide bonds. The molecule has 0 spiro atoms. The molecular weight excluding hydrogens is 332 g/mol. The average molecular weight is 377 g/mol. The Kier molecular flexibility index (Phi) is 13.7. The lowest BCUT2D eigenvalue weighted by Gasteiger charge is -2.33. The lowest BCUT2D eigenvalue weighted by Crippen LogP contribution is -2.49. The zero-order chi connectivity index (χ0) is 18.5. The summed E-state index contributed by atoms with van der Waals surface area (Å²) in [5.74, 6) is 0.549. The van der Waals surface area contributed by atoms with Crippen molar-refractivity contribution in [3.05, 3.63) is 0 Å². The third-order valence-corrected chi connectivity index (χ3v) is 9.65. The summed E-state index contributed by atoms with van der Waals surface area (Å²) in [5, 5.41) is 0. The lowest BCUT2D eigenvalue weighted by molar-refractivity contribution is 0.179. The summed E-state index contributed by atoms with van der Waals surface area (Å²) in [5.41, 5.74) is 0. The number of hydrogen-bond donors (Lipinski definition) is 0. The van der Waals surface area contributed by atoms with E-state index in [1.807, 2.05) is 0 Å². The molecule has 0 aliphatic carbocycles. The number of hydrogen-bond acceptors (Lipinski definition) is 3. The van der Waals surface area contributed by atoms with Crippen LogP contribution < -0.4 is 0 Å². The Morgan fingerprint density at radius 1 is 0.667 bits per heavy atom. The van der Waals surface area contributed by atoms with Gasteiger partial charge in [0.25, 0.3) is 0 Å². The fraction of sp³-hybridized carbons (Fsp3) is 1.00. The average Bonchev–Trinajstić information content (AvgIpc) is 2.46. The highest BCUT2D eigenvalue weighted by molar-refractivity contribution is 6.78. The van der Waals surface area contributed by atoms with Crippen LogP contribution in [0.1, 0.15) is 78.6 Å². The van der Waals surface area contributed by atoms with Crippen molar-refractivity contribution in [2.45, 2.75) is 105 Å². The van der Waals surface area contributed by atoms with E-state index < -0.39 is 17.1 Å². The molecule has 0 bridgehead atoms. The van der Waals surface area contributed by atoms with Crippen molar-refractivity contribution in [1.82, 2.24) is 0 Å². The van der Waals surface area contributed by atoms with E-state index in [9.17, 15) is 0 Å². The normalized spacial score (nSPS) is 13.0. The molecule has 0 heterocycles. The second-order valence-corrected chi connectivity index (χ2v) is 15.3. The summed E-state index contributed by atoms with van der Waals surface area (Å²) in [4.78, 5) is 0. The molecule has 0 aromatic rings. The van der Waals surface area contributed by atoms with Crippen molar-refractivity contribution >= 4 is 17.1 Å². The molecule has 3 nitrogen and oxygen atoms in total. The van der Waals surface area contributed by atoms with Crippen molar-refractivity contribution in [3.63, 3.8) is 0 Å². The molecule has 0 saturated carbocycles. The molecule has 0 unspecified atom stereocenters. The molecular formula is C19H44O3Si2. The highest BCUT2D eigenvalue weighted by Gasteiger charge is 2.36. The Morgan fingerprint density at radius 2 is 1.12 bits per heavy atom. The maximum atomic E-state index is 6.29. The van der Waals surface area contributed by atoms with Gasteiger partial charge in [0, 0.05) is 13.2 Å². The molecule has 0 aliphatic heterocycles. The van der Waals surface area contributed by atoms with Crippen molar-refractivity contribution in [1.29, 1.82) is 0 Å². The van der Waals surface area contributed by atoms with E-state index in [0.29, 0.717) is 5.92 Å². The summed E-state index contributed by atoms with van der Waals surface area (Å²) < 4.78 is 18.4.